The van der Waals surface area contributed by atoms with E-state index in [1.807, 2.05) is 30.3 Å². The molecule has 0 aromatic heterocycles. The van der Waals surface area contributed by atoms with Crippen LogP contribution in [0.4, 0.5) is 23.2 Å². The lowest BCUT2D eigenvalue weighted by atomic mass is 10.3. The molecule has 2 aromatic rings. The van der Waals surface area contributed by atoms with Gasteiger partial charge in [0.15, 0.2) is 19.5 Å². The number of nitrogens with zero attached hydrogens (tertiary/aromatic N) is 1. The molecule has 0 spiro atoms. The molecule has 2 rings (SSSR count). The van der Waals surface area contributed by atoms with Crippen molar-refractivity contribution < 1.29 is 56.7 Å². The average Bonchev–Trinajstić information content (AvgIpc) is 2.49. The summed E-state index contributed by atoms with van der Waals surface area (Å²) in [5, 5.41) is 10.6. The highest BCUT2D eigenvalue weighted by atomic mass is 127. The van der Waals surface area contributed by atoms with Gasteiger partial charge in [0.05, 0.1) is 11.0 Å². The lowest BCUT2D eigenvalue weighted by Crippen LogP contribution is -3.61. The van der Waals surface area contributed by atoms with E-state index in [1.54, 1.807) is 0 Å². The third kappa shape index (κ3) is 6.91. The highest BCUT2D eigenvalue weighted by Gasteiger charge is 2.36. The number of alkyl halides is 3. The van der Waals surface area contributed by atoms with Crippen LogP contribution in [0.15, 0.2) is 48.5 Å². The molecule has 0 amide bonds. The van der Waals surface area contributed by atoms with Crippen LogP contribution in [-0.2, 0) is 10.1 Å². The number of hydrogen-bond donors (Lipinski definition) is 0. The van der Waals surface area contributed by atoms with E-state index in [0.717, 1.165) is 9.64 Å². The molecule has 6 nitrogen and oxygen atoms in total. The third-order valence-corrected chi connectivity index (χ3v) is 5.66. The van der Waals surface area contributed by atoms with E-state index >= 15 is 0 Å². The van der Waals surface area contributed by atoms with Gasteiger partial charge in [-0.15, -0.1) is 0 Å². The first-order valence-corrected chi connectivity index (χ1v) is 9.64. The molecule has 25 heavy (non-hydrogen) atoms. The quantitative estimate of drug-likeness (QED) is 0.149. The van der Waals surface area contributed by atoms with Crippen molar-refractivity contribution in [3.8, 4) is 0 Å². The molecule has 0 unspecified atom stereocenters. The number of nitro groups is 1. The van der Waals surface area contributed by atoms with E-state index in [1.165, 1.54) is 12.1 Å². The standard InChI is InChI=1S/C12H8FINO2.CHF3O3S/c13-11-7-6-10(15(16)17)8-12(11)14-9-4-2-1-3-5-9;2-1(3,4)8(5,6)7/h1-8H;(H,5,6,7)/q+1;/p-1. The minimum atomic E-state index is -6.09. The summed E-state index contributed by atoms with van der Waals surface area (Å²) in [6, 6.07) is 13.1. The SMILES string of the molecule is O=S(=O)([O-])C(F)(F)F.O=[N+]([O-])c1ccc(F)c([I+]c2ccccc2)c1. The van der Waals surface area contributed by atoms with Crippen LogP contribution in [0.1, 0.15) is 0 Å². The Bertz CT molecular complexity index is 843. The molecule has 0 bridgehead atoms. The van der Waals surface area contributed by atoms with Crippen molar-refractivity contribution in [3.05, 3.63) is 71.6 Å². The molecular weight excluding hydrogens is 485 g/mol. The zero-order chi connectivity index (χ0) is 19.3. The van der Waals surface area contributed by atoms with Gasteiger partial charge in [-0.3, -0.25) is 10.1 Å². The fourth-order valence-corrected chi connectivity index (χ4v) is 3.62. The second kappa shape index (κ2) is 8.53. The van der Waals surface area contributed by atoms with Crippen LogP contribution >= 0.6 is 0 Å². The minimum absolute atomic E-state index is 0.0583. The number of rotatable bonds is 3. The number of benzene rings is 2. The van der Waals surface area contributed by atoms with Gasteiger partial charge in [-0.05, 0) is 18.2 Å². The zero-order valence-electron chi connectivity index (χ0n) is 11.9. The fourth-order valence-electron chi connectivity index (χ4n) is 1.27. The minimum Gasteiger partial charge on any atom is -0.741 e. The van der Waals surface area contributed by atoms with Gasteiger partial charge in [-0.25, -0.2) is 12.8 Å². The van der Waals surface area contributed by atoms with Gasteiger partial charge in [0.25, 0.3) is 5.69 Å². The fraction of sp³-hybridized carbons (Fsp3) is 0.0769. The molecule has 0 aliphatic rings. The Morgan fingerprint density at radius 2 is 1.56 bits per heavy atom. The van der Waals surface area contributed by atoms with Crippen LogP contribution in [0.3, 0.4) is 0 Å². The van der Waals surface area contributed by atoms with Crippen molar-refractivity contribution in [1.29, 1.82) is 0 Å². The van der Waals surface area contributed by atoms with Crippen molar-refractivity contribution in [2.24, 2.45) is 0 Å². The number of non-ortho nitro benzene ring substituents is 1. The van der Waals surface area contributed by atoms with E-state index < -0.39 is 41.8 Å². The average molecular weight is 493 g/mol. The predicted molar refractivity (Wildman–Crippen MR) is 72.6 cm³/mol. The molecule has 0 aliphatic carbocycles. The van der Waals surface area contributed by atoms with Crippen LogP contribution in [0.2, 0.25) is 0 Å². The molecule has 2 aromatic carbocycles. The molecular formula is C13H8F4INO5S. The molecule has 136 valence electrons. The topological polar surface area (TPSA) is 100 Å². The number of nitro benzene ring substituents is 1. The summed E-state index contributed by atoms with van der Waals surface area (Å²) in [6.07, 6.45) is 0. The van der Waals surface area contributed by atoms with Crippen molar-refractivity contribution in [3.63, 3.8) is 0 Å². The summed E-state index contributed by atoms with van der Waals surface area (Å²) in [7, 11) is -6.09. The van der Waals surface area contributed by atoms with Gasteiger partial charge in [0, 0.05) is 6.07 Å². The Labute approximate surface area is 149 Å². The molecule has 12 heteroatoms. The zero-order valence-corrected chi connectivity index (χ0v) is 14.9. The first kappa shape index (κ1) is 21.2. The van der Waals surface area contributed by atoms with Crippen LogP contribution in [0.5, 0.6) is 0 Å². The highest BCUT2D eigenvalue weighted by molar-refractivity contribution is 7.86. The summed E-state index contributed by atoms with van der Waals surface area (Å²) in [6.45, 7) is 0. The number of halogens is 5. The largest absolute Gasteiger partial charge is 0.741 e. The lowest BCUT2D eigenvalue weighted by molar-refractivity contribution is -0.600. The van der Waals surface area contributed by atoms with Crippen LogP contribution in [0.25, 0.3) is 0 Å². The monoisotopic (exact) mass is 493 g/mol. The molecule has 0 N–H and O–H groups in total. The molecule has 0 radical (unpaired) electrons. The highest BCUT2D eigenvalue weighted by Crippen LogP contribution is 2.20. The van der Waals surface area contributed by atoms with Crippen molar-refractivity contribution in [1.82, 2.24) is 0 Å². The molecule has 0 heterocycles. The van der Waals surface area contributed by atoms with Gasteiger partial charge in [0.2, 0.25) is 3.57 Å². The Hall–Kier alpha value is -1.80. The smallest absolute Gasteiger partial charge is 0.485 e. The first-order chi connectivity index (χ1) is 11.4. The summed E-state index contributed by atoms with van der Waals surface area (Å²) in [5.41, 5.74) is -5.70. The maximum atomic E-state index is 13.5. The lowest BCUT2D eigenvalue weighted by Gasteiger charge is -2.08. The third-order valence-electron chi connectivity index (χ3n) is 2.34. The van der Waals surface area contributed by atoms with Crippen LogP contribution in [-0.4, -0.2) is 23.4 Å². The van der Waals surface area contributed by atoms with Crippen molar-refractivity contribution in [2.75, 3.05) is 0 Å². The van der Waals surface area contributed by atoms with Gasteiger partial charge < -0.3 is 4.55 Å². The normalized spacial score (nSPS) is 11.4. The van der Waals surface area contributed by atoms with Crippen LogP contribution in [0, 0.1) is 23.1 Å². The van der Waals surface area contributed by atoms with Gasteiger partial charge in [-0.1, -0.05) is 18.2 Å². The second-order valence-electron chi connectivity index (χ2n) is 4.15. The Kier molecular flexibility index (Phi) is 7.25. The van der Waals surface area contributed by atoms with Crippen molar-refractivity contribution >= 4 is 15.8 Å². The molecule has 0 aliphatic heterocycles. The maximum Gasteiger partial charge on any atom is 0.485 e. The molecule has 0 atom stereocenters. The van der Waals surface area contributed by atoms with E-state index in [0.29, 0.717) is 3.57 Å². The van der Waals surface area contributed by atoms with Gasteiger partial charge in [-0.2, -0.15) is 13.2 Å². The Morgan fingerprint density at radius 1 is 1.04 bits per heavy atom. The van der Waals surface area contributed by atoms with Crippen molar-refractivity contribution in [2.45, 2.75) is 5.51 Å². The van der Waals surface area contributed by atoms with E-state index in [4.69, 9.17) is 13.0 Å². The summed E-state index contributed by atoms with van der Waals surface area (Å²) >= 11 is -0.715. The van der Waals surface area contributed by atoms with E-state index in [9.17, 15) is 27.7 Å². The second-order valence-corrected chi connectivity index (χ2v) is 8.46. The van der Waals surface area contributed by atoms with E-state index in [2.05, 4.69) is 0 Å². The molecule has 0 saturated carbocycles. The number of hydrogen-bond acceptors (Lipinski definition) is 5. The summed E-state index contributed by atoms with van der Waals surface area (Å²) in [4.78, 5) is 10.1. The predicted octanol–water partition coefficient (Wildman–Crippen LogP) is -0.0863. The maximum absolute atomic E-state index is 13.5. The van der Waals surface area contributed by atoms with Gasteiger partial charge in [0.1, 0.15) is 0 Å². The summed E-state index contributed by atoms with van der Waals surface area (Å²) < 4.78 is 73.9. The van der Waals surface area contributed by atoms with Crippen LogP contribution < -0.4 is 21.2 Å². The van der Waals surface area contributed by atoms with Gasteiger partial charge >= 0.3 is 26.7 Å². The first-order valence-electron chi connectivity index (χ1n) is 6.08. The molecule has 0 fully saturated rings. The van der Waals surface area contributed by atoms with E-state index in [-0.39, 0.29) is 11.5 Å². The summed E-state index contributed by atoms with van der Waals surface area (Å²) in [5.74, 6) is -0.368. The molecule has 0 saturated heterocycles. The Balaban J connectivity index is 0.000000333. The Morgan fingerprint density at radius 3 is 2.00 bits per heavy atom.